The average molecular weight is 321 g/mol. The number of rotatable bonds is 3. The molecule has 1 aromatic carbocycles. The summed E-state index contributed by atoms with van der Waals surface area (Å²) in [5.74, 6) is 0.541. The average Bonchev–Trinajstić information content (AvgIpc) is 2.94. The van der Waals surface area contributed by atoms with Crippen LogP contribution in [0.25, 0.3) is 11.1 Å². The van der Waals surface area contributed by atoms with Gasteiger partial charge in [0.1, 0.15) is 11.4 Å². The van der Waals surface area contributed by atoms with Crippen molar-refractivity contribution >= 4 is 16.9 Å². The minimum Gasteiger partial charge on any atom is -0.441 e. The maximum Gasteiger partial charge on any atom is 0.192 e. The lowest BCUT2D eigenvalue weighted by Gasteiger charge is -2.25. The maximum absolute atomic E-state index is 9.77. The fourth-order valence-electron chi connectivity index (χ4n) is 3.11. The van der Waals surface area contributed by atoms with Gasteiger partial charge in [0.05, 0.1) is 23.3 Å². The van der Waals surface area contributed by atoms with Gasteiger partial charge in [-0.15, -0.1) is 0 Å². The van der Waals surface area contributed by atoms with Gasteiger partial charge in [0.15, 0.2) is 11.5 Å². The van der Waals surface area contributed by atoms with Crippen molar-refractivity contribution < 1.29 is 4.42 Å². The third-order valence-electron chi connectivity index (χ3n) is 4.12. The van der Waals surface area contributed by atoms with Crippen LogP contribution in [0.15, 0.2) is 50.7 Å². The van der Waals surface area contributed by atoms with Crippen LogP contribution < -0.4 is 11.5 Å². The Balaban J connectivity index is 2.29. The minimum absolute atomic E-state index is 0.349. The summed E-state index contributed by atoms with van der Waals surface area (Å²) in [6.45, 7) is 3.84. The van der Waals surface area contributed by atoms with E-state index in [2.05, 4.69) is 16.0 Å². The van der Waals surface area contributed by atoms with Crippen molar-refractivity contribution in [2.45, 2.75) is 32.6 Å². The molecule has 0 saturated heterocycles. The fourth-order valence-corrected chi connectivity index (χ4v) is 3.11. The van der Waals surface area contributed by atoms with Crippen molar-refractivity contribution in [2.24, 2.45) is 16.5 Å². The highest BCUT2D eigenvalue weighted by molar-refractivity contribution is 6.02. The van der Waals surface area contributed by atoms with E-state index in [-0.39, 0.29) is 5.92 Å². The summed E-state index contributed by atoms with van der Waals surface area (Å²) in [6, 6.07) is 7.97. The number of nitrogens with two attached hydrogens (primary N) is 2. The number of allylic oxidation sites excluding steroid dienone is 2. The Hall–Kier alpha value is -3.07. The zero-order valence-corrected chi connectivity index (χ0v) is 13.7. The molecule has 2 heterocycles. The highest BCUT2D eigenvalue weighted by atomic mass is 16.3. The molecule has 0 radical (unpaired) electrons. The summed E-state index contributed by atoms with van der Waals surface area (Å²) < 4.78 is 5.62. The first-order valence-corrected chi connectivity index (χ1v) is 7.86. The number of aryl methyl sites for hydroxylation is 1. The van der Waals surface area contributed by atoms with Crippen LogP contribution in [0.5, 0.6) is 0 Å². The van der Waals surface area contributed by atoms with E-state index in [0.29, 0.717) is 40.6 Å². The highest BCUT2D eigenvalue weighted by Gasteiger charge is 2.32. The topological polar surface area (TPSA) is 114 Å². The highest BCUT2D eigenvalue weighted by Crippen LogP contribution is 2.40. The van der Waals surface area contributed by atoms with E-state index in [1.807, 2.05) is 25.1 Å². The lowest BCUT2D eigenvalue weighted by molar-refractivity contribution is 0.561. The summed E-state index contributed by atoms with van der Waals surface area (Å²) in [4.78, 5) is 8.87. The van der Waals surface area contributed by atoms with E-state index in [4.69, 9.17) is 15.9 Å². The second-order valence-electron chi connectivity index (χ2n) is 5.70. The minimum atomic E-state index is -0.382. The Bertz CT molecular complexity index is 927. The predicted molar refractivity (Wildman–Crippen MR) is 92.9 cm³/mol. The number of amidine groups is 1. The molecule has 2 aromatic rings. The van der Waals surface area contributed by atoms with E-state index in [0.717, 1.165) is 17.5 Å². The molecule has 0 fully saturated rings. The van der Waals surface area contributed by atoms with Crippen molar-refractivity contribution in [3.05, 3.63) is 52.7 Å². The molecule has 3 rings (SSSR count). The Morgan fingerprint density at radius 3 is 2.88 bits per heavy atom. The van der Waals surface area contributed by atoms with E-state index < -0.39 is 0 Å². The maximum atomic E-state index is 9.77. The van der Waals surface area contributed by atoms with Crippen molar-refractivity contribution in [1.82, 2.24) is 4.98 Å². The van der Waals surface area contributed by atoms with Crippen LogP contribution in [0.2, 0.25) is 0 Å². The zero-order valence-electron chi connectivity index (χ0n) is 13.7. The van der Waals surface area contributed by atoms with Crippen LogP contribution in [0.1, 0.15) is 37.1 Å². The van der Waals surface area contributed by atoms with Gasteiger partial charge >= 0.3 is 0 Å². The molecule has 0 saturated carbocycles. The summed E-state index contributed by atoms with van der Waals surface area (Å²) in [5, 5.41) is 9.77. The SMILES string of the molecule is CCCC1=C(C#N)C(c2cccc3oc(C)nc23)/C(=C/N)C(N)=N1. The fraction of sp³-hybridized carbons (Fsp3) is 0.278. The molecule has 6 heteroatoms. The van der Waals surface area contributed by atoms with E-state index in [1.54, 1.807) is 6.92 Å². The number of aromatic nitrogens is 1. The smallest absolute Gasteiger partial charge is 0.192 e. The summed E-state index contributed by atoms with van der Waals surface area (Å²) in [6.07, 6.45) is 2.99. The predicted octanol–water partition coefficient (Wildman–Crippen LogP) is 3.01. The molecular formula is C18H19N5O. The lowest BCUT2D eigenvalue weighted by atomic mass is 9.81. The van der Waals surface area contributed by atoms with Crippen molar-refractivity contribution in [3.8, 4) is 6.07 Å². The molecule has 0 aliphatic carbocycles. The van der Waals surface area contributed by atoms with E-state index >= 15 is 0 Å². The molecule has 0 amide bonds. The normalized spacial score (nSPS) is 19.6. The van der Waals surface area contributed by atoms with Gasteiger partial charge in [0.25, 0.3) is 0 Å². The van der Waals surface area contributed by atoms with Gasteiger partial charge in [0, 0.05) is 18.7 Å². The Morgan fingerprint density at radius 1 is 1.42 bits per heavy atom. The molecule has 1 aliphatic rings. The molecule has 0 bridgehead atoms. The number of oxazole rings is 1. The summed E-state index contributed by atoms with van der Waals surface area (Å²) >= 11 is 0. The Kier molecular flexibility index (Phi) is 4.09. The monoisotopic (exact) mass is 321 g/mol. The zero-order chi connectivity index (χ0) is 17.3. The first-order valence-electron chi connectivity index (χ1n) is 7.86. The van der Waals surface area contributed by atoms with Crippen LogP contribution in [0, 0.1) is 18.3 Å². The standard InChI is InChI=1S/C18H19N5O/c1-3-5-14-12(8-19)16(13(9-20)18(21)23-14)11-6-4-7-15-17(11)22-10(2)24-15/h4,6-7,9,16H,3,5,20H2,1-2H3,(H2,21,23)/b13-9-. The quantitative estimate of drug-likeness (QED) is 0.901. The van der Waals surface area contributed by atoms with Crippen LogP contribution in [0.4, 0.5) is 0 Å². The molecule has 24 heavy (non-hydrogen) atoms. The van der Waals surface area contributed by atoms with Gasteiger partial charge in [-0.2, -0.15) is 5.26 Å². The summed E-state index contributed by atoms with van der Waals surface area (Å²) in [7, 11) is 0. The molecule has 122 valence electrons. The third-order valence-corrected chi connectivity index (χ3v) is 4.12. The second-order valence-corrected chi connectivity index (χ2v) is 5.70. The van der Waals surface area contributed by atoms with Gasteiger partial charge in [-0.05, 0) is 18.1 Å². The molecule has 4 N–H and O–H groups in total. The molecule has 0 spiro atoms. The number of nitriles is 1. The van der Waals surface area contributed by atoms with Crippen LogP contribution in [-0.2, 0) is 0 Å². The molecular weight excluding hydrogens is 302 g/mol. The van der Waals surface area contributed by atoms with Gasteiger partial charge in [-0.25, -0.2) is 9.98 Å². The molecule has 1 atom stereocenters. The number of aliphatic imine (C=N–C) groups is 1. The molecule has 6 nitrogen and oxygen atoms in total. The summed E-state index contributed by atoms with van der Waals surface area (Å²) in [5.41, 5.74) is 16.1. The van der Waals surface area contributed by atoms with Crippen molar-refractivity contribution in [1.29, 1.82) is 5.26 Å². The number of para-hydroxylation sites is 1. The van der Waals surface area contributed by atoms with Crippen LogP contribution in [0.3, 0.4) is 0 Å². The van der Waals surface area contributed by atoms with Crippen molar-refractivity contribution in [3.63, 3.8) is 0 Å². The first-order chi connectivity index (χ1) is 11.6. The van der Waals surface area contributed by atoms with E-state index in [1.165, 1.54) is 6.20 Å². The van der Waals surface area contributed by atoms with E-state index in [9.17, 15) is 5.26 Å². The number of hydrogen-bond donors (Lipinski definition) is 2. The molecule has 1 unspecified atom stereocenters. The van der Waals surface area contributed by atoms with Gasteiger partial charge in [-0.1, -0.05) is 25.5 Å². The second kappa shape index (κ2) is 6.20. The number of fused-ring (bicyclic) bond motifs is 1. The van der Waals surface area contributed by atoms with Crippen LogP contribution >= 0.6 is 0 Å². The van der Waals surface area contributed by atoms with Gasteiger partial charge < -0.3 is 15.9 Å². The number of hydrogen-bond acceptors (Lipinski definition) is 6. The lowest BCUT2D eigenvalue weighted by Crippen LogP contribution is -2.26. The Morgan fingerprint density at radius 2 is 2.21 bits per heavy atom. The first kappa shape index (κ1) is 15.8. The Labute approximate surface area is 140 Å². The van der Waals surface area contributed by atoms with Gasteiger partial charge in [-0.3, -0.25) is 0 Å². The molecule has 1 aromatic heterocycles. The van der Waals surface area contributed by atoms with Gasteiger partial charge in [0.2, 0.25) is 0 Å². The van der Waals surface area contributed by atoms with Crippen LogP contribution in [-0.4, -0.2) is 10.8 Å². The molecule has 1 aliphatic heterocycles. The third kappa shape index (κ3) is 2.44. The van der Waals surface area contributed by atoms with Crippen molar-refractivity contribution in [2.75, 3.05) is 0 Å². The number of nitrogens with zero attached hydrogens (tertiary/aromatic N) is 3. The number of benzene rings is 1. The largest absolute Gasteiger partial charge is 0.441 e.